The highest BCUT2D eigenvalue weighted by atomic mass is 16.4. The molecule has 3 atom stereocenters. The van der Waals surface area contributed by atoms with E-state index in [4.69, 9.17) is 17.2 Å². The van der Waals surface area contributed by atoms with Crippen molar-refractivity contribution in [3.63, 3.8) is 0 Å². The van der Waals surface area contributed by atoms with Gasteiger partial charge in [-0.1, -0.05) is 13.8 Å². The molecule has 0 aliphatic rings. The largest absolute Gasteiger partial charge is 0.480 e. The topological polar surface area (TPSA) is 215 Å². The lowest BCUT2D eigenvalue weighted by Crippen LogP contribution is -2.54. The van der Waals surface area contributed by atoms with E-state index in [0.29, 0.717) is 12.8 Å². The third-order valence-corrected chi connectivity index (χ3v) is 3.76. The quantitative estimate of drug-likeness (QED) is 0.0975. The molecule has 166 valence electrons. The predicted molar refractivity (Wildman–Crippen MR) is 108 cm³/mol. The van der Waals surface area contributed by atoms with Gasteiger partial charge in [-0.15, -0.1) is 0 Å². The van der Waals surface area contributed by atoms with Crippen molar-refractivity contribution in [3.8, 4) is 0 Å². The Morgan fingerprint density at radius 3 is 2.10 bits per heavy atom. The molecular formula is C17H33N7O5. The Labute approximate surface area is 170 Å². The summed E-state index contributed by atoms with van der Waals surface area (Å²) in [6.45, 7) is 5.07. The predicted octanol–water partition coefficient (Wildman–Crippen LogP) is -2.40. The molecule has 3 amide bonds. The Kier molecular flexibility index (Phi) is 12.0. The summed E-state index contributed by atoms with van der Waals surface area (Å²) in [6, 6.07) is -2.87. The molecule has 12 heteroatoms. The number of carboxylic acids is 1. The molecule has 0 aromatic rings. The summed E-state index contributed by atoms with van der Waals surface area (Å²) in [7, 11) is 0. The van der Waals surface area contributed by atoms with Gasteiger partial charge in [-0.3, -0.25) is 19.4 Å². The number of nitrogens with one attached hydrogen (secondary N) is 3. The van der Waals surface area contributed by atoms with E-state index in [9.17, 15) is 24.3 Å². The van der Waals surface area contributed by atoms with Crippen LogP contribution in [0.3, 0.4) is 0 Å². The van der Waals surface area contributed by atoms with Crippen molar-refractivity contribution < 1.29 is 24.3 Å². The van der Waals surface area contributed by atoms with Crippen molar-refractivity contribution in [1.82, 2.24) is 16.0 Å². The van der Waals surface area contributed by atoms with E-state index in [1.54, 1.807) is 0 Å². The van der Waals surface area contributed by atoms with Crippen molar-refractivity contribution >= 4 is 29.7 Å². The Hall–Kier alpha value is -2.89. The van der Waals surface area contributed by atoms with Crippen molar-refractivity contribution in [2.45, 2.75) is 58.2 Å². The number of carbonyl (C=O) groups excluding carboxylic acids is 3. The summed E-state index contributed by atoms with van der Waals surface area (Å²) in [5.41, 5.74) is 15.8. The second kappa shape index (κ2) is 13.3. The summed E-state index contributed by atoms with van der Waals surface area (Å²) in [5.74, 6) is -2.97. The van der Waals surface area contributed by atoms with E-state index >= 15 is 0 Å². The van der Waals surface area contributed by atoms with E-state index in [-0.39, 0.29) is 31.4 Å². The van der Waals surface area contributed by atoms with Gasteiger partial charge in [-0.2, -0.15) is 0 Å². The molecule has 0 fully saturated rings. The number of aliphatic imine (C=N–C) groups is 1. The second-order valence-electron chi connectivity index (χ2n) is 7.10. The molecule has 12 nitrogen and oxygen atoms in total. The zero-order valence-electron chi connectivity index (χ0n) is 17.1. The first-order valence-corrected chi connectivity index (χ1v) is 9.35. The van der Waals surface area contributed by atoms with Gasteiger partial charge in [0.05, 0.1) is 12.6 Å². The number of aliphatic carboxylic acids is 1. The smallest absolute Gasteiger partial charge is 0.326 e. The fourth-order valence-corrected chi connectivity index (χ4v) is 2.31. The Bertz CT molecular complexity index is 603. The molecule has 29 heavy (non-hydrogen) atoms. The van der Waals surface area contributed by atoms with Gasteiger partial charge in [-0.25, -0.2) is 4.79 Å². The van der Waals surface area contributed by atoms with Crippen LogP contribution in [0, 0.1) is 5.92 Å². The number of guanidine groups is 1. The van der Waals surface area contributed by atoms with Crippen LogP contribution in [-0.4, -0.2) is 66.0 Å². The van der Waals surface area contributed by atoms with Crippen LogP contribution in [0.15, 0.2) is 4.99 Å². The zero-order chi connectivity index (χ0) is 22.6. The first kappa shape index (κ1) is 26.1. The highest BCUT2D eigenvalue weighted by molar-refractivity contribution is 5.92. The number of nitrogens with two attached hydrogens (primary N) is 3. The fourth-order valence-electron chi connectivity index (χ4n) is 2.31. The molecule has 0 aliphatic heterocycles. The summed E-state index contributed by atoms with van der Waals surface area (Å²) in [6.07, 6.45) is 0.753. The number of rotatable bonds is 13. The van der Waals surface area contributed by atoms with Crippen molar-refractivity contribution in [3.05, 3.63) is 0 Å². The molecule has 0 aliphatic carbocycles. The summed E-state index contributed by atoms with van der Waals surface area (Å²) < 4.78 is 0. The first-order chi connectivity index (χ1) is 13.4. The molecule has 0 radical (unpaired) electrons. The maximum absolute atomic E-state index is 12.6. The summed E-state index contributed by atoms with van der Waals surface area (Å²) in [4.78, 5) is 51.2. The molecule has 3 unspecified atom stereocenters. The lowest BCUT2D eigenvalue weighted by molar-refractivity contribution is -0.142. The number of amides is 3. The van der Waals surface area contributed by atoms with E-state index in [1.165, 1.54) is 6.92 Å². The number of nitrogens with zero attached hydrogens (tertiary/aromatic N) is 1. The van der Waals surface area contributed by atoms with Gasteiger partial charge in [0.2, 0.25) is 17.7 Å². The normalized spacial score (nSPS) is 13.7. The molecule has 0 saturated carbocycles. The molecule has 10 N–H and O–H groups in total. The van der Waals surface area contributed by atoms with Crippen LogP contribution >= 0.6 is 0 Å². The SMILES string of the molecule is CC(C)CC(NC(=O)CNC(=O)C(C)N)C(=O)NC(CCCN=C(N)N)C(=O)O. The fraction of sp³-hybridized carbons (Fsp3) is 0.706. The highest BCUT2D eigenvalue weighted by Crippen LogP contribution is 2.07. The van der Waals surface area contributed by atoms with Crippen molar-refractivity contribution in [1.29, 1.82) is 0 Å². The first-order valence-electron chi connectivity index (χ1n) is 9.35. The van der Waals surface area contributed by atoms with Gasteiger partial charge >= 0.3 is 5.97 Å². The van der Waals surface area contributed by atoms with E-state index < -0.39 is 41.8 Å². The number of carbonyl (C=O) groups is 4. The van der Waals surface area contributed by atoms with Gasteiger partial charge in [0.1, 0.15) is 12.1 Å². The molecule has 0 aromatic carbocycles. The van der Waals surface area contributed by atoms with Crippen LogP contribution < -0.4 is 33.2 Å². The van der Waals surface area contributed by atoms with Crippen LogP contribution in [0.5, 0.6) is 0 Å². The van der Waals surface area contributed by atoms with Crippen LogP contribution in [0.1, 0.15) is 40.0 Å². The molecule has 0 saturated heterocycles. The lowest BCUT2D eigenvalue weighted by atomic mass is 10.0. The number of hydrogen-bond donors (Lipinski definition) is 7. The monoisotopic (exact) mass is 415 g/mol. The minimum Gasteiger partial charge on any atom is -0.480 e. The highest BCUT2D eigenvalue weighted by Gasteiger charge is 2.27. The zero-order valence-corrected chi connectivity index (χ0v) is 17.1. The maximum Gasteiger partial charge on any atom is 0.326 e. The maximum atomic E-state index is 12.6. The average Bonchev–Trinajstić information content (AvgIpc) is 2.60. The minimum absolute atomic E-state index is 0.0508. The Balaban J connectivity index is 4.89. The standard InChI is InChI=1S/C17H33N7O5/c1-9(2)7-12(23-13(25)8-22-14(26)10(3)18)15(27)24-11(16(28)29)5-4-6-21-17(19)20/h9-12H,4-8,18H2,1-3H3,(H,22,26)(H,23,25)(H,24,27)(H,28,29)(H4,19,20,21). The van der Waals surface area contributed by atoms with Crippen LogP contribution in [-0.2, 0) is 19.2 Å². The van der Waals surface area contributed by atoms with E-state index in [0.717, 1.165) is 0 Å². The number of hydrogen-bond acceptors (Lipinski definition) is 6. The molecule has 0 bridgehead atoms. The molecule has 0 rings (SSSR count). The van der Waals surface area contributed by atoms with E-state index in [2.05, 4.69) is 20.9 Å². The van der Waals surface area contributed by atoms with Crippen LogP contribution in [0.2, 0.25) is 0 Å². The third-order valence-electron chi connectivity index (χ3n) is 3.76. The van der Waals surface area contributed by atoms with E-state index in [1.807, 2.05) is 13.8 Å². The molecular weight excluding hydrogens is 382 g/mol. The Morgan fingerprint density at radius 2 is 1.62 bits per heavy atom. The second-order valence-corrected chi connectivity index (χ2v) is 7.10. The molecule has 0 heterocycles. The number of carboxylic acid groups (broad SMARTS) is 1. The summed E-state index contributed by atoms with van der Waals surface area (Å²) in [5, 5.41) is 16.6. The van der Waals surface area contributed by atoms with Crippen molar-refractivity contribution in [2.75, 3.05) is 13.1 Å². The average molecular weight is 415 g/mol. The van der Waals surface area contributed by atoms with Gasteiger partial charge < -0.3 is 38.3 Å². The van der Waals surface area contributed by atoms with Gasteiger partial charge in [0, 0.05) is 6.54 Å². The third kappa shape index (κ3) is 12.2. The van der Waals surface area contributed by atoms with Gasteiger partial charge in [0.25, 0.3) is 0 Å². The minimum atomic E-state index is -1.21. The van der Waals surface area contributed by atoms with Gasteiger partial charge in [0.15, 0.2) is 5.96 Å². The Morgan fingerprint density at radius 1 is 1.00 bits per heavy atom. The molecule has 0 spiro atoms. The van der Waals surface area contributed by atoms with Crippen LogP contribution in [0.4, 0.5) is 0 Å². The van der Waals surface area contributed by atoms with Crippen LogP contribution in [0.25, 0.3) is 0 Å². The lowest BCUT2D eigenvalue weighted by Gasteiger charge is -2.23. The van der Waals surface area contributed by atoms with Crippen molar-refractivity contribution in [2.24, 2.45) is 28.1 Å². The molecule has 0 aromatic heterocycles. The van der Waals surface area contributed by atoms with Gasteiger partial charge in [-0.05, 0) is 32.1 Å². The summed E-state index contributed by atoms with van der Waals surface area (Å²) >= 11 is 0.